The maximum Gasteiger partial charge on any atom is 0.155 e. The number of ketones is 1. The molecule has 0 radical (unpaired) electrons. The zero-order chi connectivity index (χ0) is 15.5. The lowest BCUT2D eigenvalue weighted by atomic mass is 9.50. The Balaban J connectivity index is 1.71. The van der Waals surface area contributed by atoms with Crippen molar-refractivity contribution in [3.63, 3.8) is 0 Å². The van der Waals surface area contributed by atoms with Crippen LogP contribution in [-0.2, 0) is 4.79 Å². The van der Waals surface area contributed by atoms with Crippen LogP contribution in [0.25, 0.3) is 0 Å². The Morgan fingerprint density at radius 3 is 2.82 bits per heavy atom. The molecular weight excluding hydrogens is 270 g/mol. The summed E-state index contributed by atoms with van der Waals surface area (Å²) in [5.74, 6) is 2.85. The van der Waals surface area contributed by atoms with Crippen LogP contribution in [0.1, 0.15) is 52.4 Å². The normalized spacial score (nSPS) is 49.7. The summed E-state index contributed by atoms with van der Waals surface area (Å²) in [7, 11) is 0. The minimum Gasteiger partial charge on any atom is -0.295 e. The molecule has 0 spiro atoms. The van der Waals surface area contributed by atoms with Gasteiger partial charge >= 0.3 is 0 Å². The molecule has 116 valence electrons. The molecule has 4 rings (SSSR count). The van der Waals surface area contributed by atoms with E-state index in [1.165, 1.54) is 24.8 Å². The van der Waals surface area contributed by atoms with E-state index in [1.807, 2.05) is 6.08 Å². The Morgan fingerprint density at radius 2 is 2.05 bits per heavy atom. The van der Waals surface area contributed by atoms with Gasteiger partial charge in [-0.1, -0.05) is 19.1 Å². The van der Waals surface area contributed by atoms with Crippen LogP contribution in [0.3, 0.4) is 0 Å². The summed E-state index contributed by atoms with van der Waals surface area (Å²) in [5.41, 5.74) is 1.29. The van der Waals surface area contributed by atoms with Crippen LogP contribution in [0.15, 0.2) is 23.8 Å². The summed E-state index contributed by atoms with van der Waals surface area (Å²) in [6.45, 7) is 4.55. The van der Waals surface area contributed by atoms with Crippen molar-refractivity contribution in [1.82, 2.24) is 0 Å². The van der Waals surface area contributed by atoms with Gasteiger partial charge in [0.05, 0.1) is 11.5 Å². The third-order valence-corrected chi connectivity index (χ3v) is 7.72. The van der Waals surface area contributed by atoms with E-state index in [-0.39, 0.29) is 10.8 Å². The first-order valence-electron chi connectivity index (χ1n) is 8.82. The lowest BCUT2D eigenvalue weighted by Gasteiger charge is -2.53. The van der Waals surface area contributed by atoms with Crippen molar-refractivity contribution < 1.29 is 4.79 Å². The number of carbonyl (C=O) groups excluding carboxylic acids is 1. The van der Waals surface area contributed by atoms with Gasteiger partial charge in [-0.25, -0.2) is 0 Å². The van der Waals surface area contributed by atoms with Crippen LogP contribution < -0.4 is 0 Å². The Labute approximate surface area is 133 Å². The van der Waals surface area contributed by atoms with Crippen molar-refractivity contribution in [2.75, 3.05) is 0 Å². The molecule has 2 nitrogen and oxygen atoms in total. The summed E-state index contributed by atoms with van der Waals surface area (Å²) >= 11 is 0. The molecule has 0 N–H and O–H groups in total. The number of nitriles is 1. The molecule has 0 bridgehead atoms. The molecule has 4 aliphatic carbocycles. The zero-order valence-corrected chi connectivity index (χ0v) is 13.6. The fraction of sp³-hybridized carbons (Fsp3) is 0.700. The van der Waals surface area contributed by atoms with Gasteiger partial charge in [-0.05, 0) is 79.8 Å². The molecule has 2 fully saturated rings. The van der Waals surface area contributed by atoms with Crippen molar-refractivity contribution in [2.24, 2.45) is 34.5 Å². The molecule has 0 saturated heterocycles. The highest BCUT2D eigenvalue weighted by Crippen LogP contribution is 2.66. The smallest absolute Gasteiger partial charge is 0.155 e. The van der Waals surface area contributed by atoms with Crippen LogP contribution in [-0.4, -0.2) is 5.78 Å². The monoisotopic (exact) mass is 295 g/mol. The molecule has 0 aliphatic heterocycles. The van der Waals surface area contributed by atoms with Gasteiger partial charge in [-0.3, -0.25) is 4.79 Å². The lowest BCUT2D eigenvalue weighted by molar-refractivity contribution is -0.115. The summed E-state index contributed by atoms with van der Waals surface area (Å²) in [6, 6.07) is 2.66. The van der Waals surface area contributed by atoms with Crippen molar-refractivity contribution in [2.45, 2.75) is 52.4 Å². The van der Waals surface area contributed by atoms with E-state index >= 15 is 0 Å². The van der Waals surface area contributed by atoms with E-state index in [1.54, 1.807) is 0 Å². The largest absolute Gasteiger partial charge is 0.295 e. The predicted molar refractivity (Wildman–Crippen MR) is 85.7 cm³/mol. The summed E-state index contributed by atoms with van der Waals surface area (Å²) in [4.78, 5) is 11.7. The maximum atomic E-state index is 11.7. The van der Waals surface area contributed by atoms with Crippen LogP contribution in [0.5, 0.6) is 0 Å². The first-order chi connectivity index (χ1) is 10.5. The molecule has 0 aromatic carbocycles. The summed E-state index contributed by atoms with van der Waals surface area (Å²) in [6.07, 6.45) is 12.9. The predicted octanol–water partition coefficient (Wildman–Crippen LogP) is 4.43. The molecule has 22 heavy (non-hydrogen) atoms. The van der Waals surface area contributed by atoms with E-state index in [9.17, 15) is 10.1 Å². The van der Waals surface area contributed by atoms with E-state index in [0.29, 0.717) is 29.5 Å². The number of rotatable bonds is 0. The fourth-order valence-corrected chi connectivity index (χ4v) is 6.11. The number of fused-ring (bicyclic) bond motifs is 5. The van der Waals surface area contributed by atoms with Crippen LogP contribution in [0.4, 0.5) is 0 Å². The number of nitrogens with zero attached hydrogens (tertiary/aromatic N) is 1. The number of allylic oxidation sites excluding steroid dienone is 4. The molecule has 0 heterocycles. The van der Waals surface area contributed by atoms with Crippen molar-refractivity contribution in [3.05, 3.63) is 23.8 Å². The first-order valence-corrected chi connectivity index (χ1v) is 8.82. The third kappa shape index (κ3) is 1.69. The molecule has 0 unspecified atom stereocenters. The van der Waals surface area contributed by atoms with Gasteiger partial charge in [0, 0.05) is 6.42 Å². The van der Waals surface area contributed by atoms with Gasteiger partial charge in [0.25, 0.3) is 0 Å². The molecule has 4 aliphatic rings. The van der Waals surface area contributed by atoms with Crippen molar-refractivity contribution in [3.8, 4) is 6.07 Å². The summed E-state index contributed by atoms with van der Waals surface area (Å²) in [5, 5.41) is 9.73. The summed E-state index contributed by atoms with van der Waals surface area (Å²) < 4.78 is 0. The quantitative estimate of drug-likeness (QED) is 0.663. The molecule has 0 aromatic rings. The highest BCUT2D eigenvalue weighted by Gasteiger charge is 2.60. The van der Waals surface area contributed by atoms with Crippen molar-refractivity contribution in [1.29, 1.82) is 5.26 Å². The highest BCUT2D eigenvalue weighted by molar-refractivity contribution is 5.91. The highest BCUT2D eigenvalue weighted by atomic mass is 16.1. The number of hydrogen-bond acceptors (Lipinski definition) is 2. The molecule has 2 heteroatoms. The average Bonchev–Trinajstić information content (AvgIpc) is 2.79. The first kappa shape index (κ1) is 14.2. The van der Waals surface area contributed by atoms with E-state index in [4.69, 9.17) is 0 Å². The Hall–Kier alpha value is -1.36. The standard InChI is InChI=1S/C20H25NO/c1-19(12-21)9-8-18-17-5-3-13-11-14(22)4-6-15(13)16(17)7-10-20(18,19)2/h3,5,11,15-18H,4,6-10H2,1-2H3/t15-,16+,17+,18-,19+,20-/m0/s1. The lowest BCUT2D eigenvalue weighted by Crippen LogP contribution is -2.47. The minimum atomic E-state index is -0.158. The minimum absolute atomic E-state index is 0.158. The maximum absolute atomic E-state index is 11.7. The average molecular weight is 295 g/mol. The van der Waals surface area contributed by atoms with Gasteiger partial charge < -0.3 is 0 Å². The van der Waals surface area contributed by atoms with Gasteiger partial charge in [-0.15, -0.1) is 0 Å². The van der Waals surface area contributed by atoms with E-state index in [2.05, 4.69) is 32.1 Å². The Morgan fingerprint density at radius 1 is 1.23 bits per heavy atom. The fourth-order valence-electron chi connectivity index (χ4n) is 6.11. The molecule has 6 atom stereocenters. The molecule has 0 amide bonds. The SMILES string of the molecule is C[C@]1(C#N)CC[C@H]2[C@@H]3C=CC4=CC(=O)CC[C@@H]4[C@H]3CC[C@@]21C. The molecule has 2 saturated carbocycles. The van der Waals surface area contributed by atoms with Crippen LogP contribution >= 0.6 is 0 Å². The third-order valence-electron chi connectivity index (χ3n) is 7.72. The Bertz CT molecular complexity index is 624. The van der Waals surface area contributed by atoms with Gasteiger partial charge in [0.15, 0.2) is 5.78 Å². The van der Waals surface area contributed by atoms with Gasteiger partial charge in [0.1, 0.15) is 0 Å². The van der Waals surface area contributed by atoms with Crippen LogP contribution in [0, 0.1) is 45.8 Å². The van der Waals surface area contributed by atoms with E-state index in [0.717, 1.165) is 19.3 Å². The van der Waals surface area contributed by atoms with Gasteiger partial charge in [-0.2, -0.15) is 5.26 Å². The van der Waals surface area contributed by atoms with Crippen molar-refractivity contribution >= 4 is 5.78 Å². The topological polar surface area (TPSA) is 40.9 Å². The molecular formula is C20H25NO. The number of hydrogen-bond donors (Lipinski definition) is 0. The second-order valence-corrected chi connectivity index (χ2v) is 8.40. The number of carbonyl (C=O) groups is 1. The van der Waals surface area contributed by atoms with E-state index < -0.39 is 0 Å². The molecule has 0 aromatic heterocycles. The second kappa shape index (κ2) is 4.57. The second-order valence-electron chi connectivity index (χ2n) is 8.40. The zero-order valence-electron chi connectivity index (χ0n) is 13.6. The Kier molecular flexibility index (Phi) is 2.96. The van der Waals surface area contributed by atoms with Crippen LogP contribution in [0.2, 0.25) is 0 Å². The van der Waals surface area contributed by atoms with Gasteiger partial charge in [0.2, 0.25) is 0 Å².